The van der Waals surface area contributed by atoms with Gasteiger partial charge in [0.15, 0.2) is 0 Å². The van der Waals surface area contributed by atoms with Crippen LogP contribution in [0, 0.1) is 5.92 Å². The first-order chi connectivity index (χ1) is 12.3. The molecule has 1 amide bonds. The van der Waals surface area contributed by atoms with E-state index in [9.17, 15) is 18.0 Å². The third kappa shape index (κ3) is 6.77. The third-order valence-corrected chi connectivity index (χ3v) is 3.97. The fourth-order valence-corrected chi connectivity index (χ4v) is 2.39. The van der Waals surface area contributed by atoms with E-state index in [-0.39, 0.29) is 37.2 Å². The molecule has 3 N–H and O–H groups in total. The summed E-state index contributed by atoms with van der Waals surface area (Å²) in [5, 5.41) is 2.68. The molecule has 0 fully saturated rings. The van der Waals surface area contributed by atoms with Gasteiger partial charge >= 0.3 is 6.18 Å². The maximum absolute atomic E-state index is 12.6. The van der Waals surface area contributed by atoms with E-state index >= 15 is 0 Å². The molecule has 0 heterocycles. The number of carbonyl (C=O) groups excluding carboxylic acids is 1. The van der Waals surface area contributed by atoms with Gasteiger partial charge in [-0.25, -0.2) is 0 Å². The minimum absolute atomic E-state index is 0. The molecular weight excluding hydrogens is 381 g/mol. The smallest absolute Gasteiger partial charge is 0.416 e. The average molecular weight is 403 g/mol. The Morgan fingerprint density at radius 2 is 1.81 bits per heavy atom. The van der Waals surface area contributed by atoms with E-state index in [1.54, 1.807) is 6.92 Å². The molecule has 2 unspecified atom stereocenters. The van der Waals surface area contributed by atoms with Crippen molar-refractivity contribution in [2.45, 2.75) is 19.1 Å². The van der Waals surface area contributed by atoms with Gasteiger partial charge in [-0.05, 0) is 23.8 Å². The Labute approximate surface area is 162 Å². The maximum atomic E-state index is 12.6. The van der Waals surface area contributed by atoms with Crippen LogP contribution in [0.25, 0.3) is 0 Å². The van der Waals surface area contributed by atoms with E-state index < -0.39 is 23.7 Å². The summed E-state index contributed by atoms with van der Waals surface area (Å²) >= 11 is 0. The predicted octanol–water partition coefficient (Wildman–Crippen LogP) is 3.96. The van der Waals surface area contributed by atoms with Crippen LogP contribution in [0.3, 0.4) is 0 Å². The van der Waals surface area contributed by atoms with E-state index in [2.05, 4.69) is 5.32 Å². The molecule has 0 spiro atoms. The number of nitrogens with one attached hydrogen (secondary N) is 1. The number of nitrogens with two attached hydrogens (primary N) is 1. The van der Waals surface area contributed by atoms with Gasteiger partial charge in [-0.2, -0.15) is 13.2 Å². The monoisotopic (exact) mass is 402 g/mol. The van der Waals surface area contributed by atoms with Crippen molar-refractivity contribution in [3.05, 3.63) is 65.7 Å². The van der Waals surface area contributed by atoms with E-state index in [4.69, 9.17) is 10.5 Å². The lowest BCUT2D eigenvalue weighted by molar-refractivity contribution is -0.137. The quantitative estimate of drug-likeness (QED) is 0.689. The van der Waals surface area contributed by atoms with Crippen LogP contribution >= 0.6 is 12.4 Å². The lowest BCUT2D eigenvalue weighted by Gasteiger charge is -2.20. The fourth-order valence-electron chi connectivity index (χ4n) is 2.39. The second-order valence-electron chi connectivity index (χ2n) is 5.89. The van der Waals surface area contributed by atoms with Crippen molar-refractivity contribution < 1.29 is 22.7 Å². The highest BCUT2D eigenvalue weighted by molar-refractivity contribution is 5.85. The molecule has 4 nitrogen and oxygen atoms in total. The van der Waals surface area contributed by atoms with Crippen molar-refractivity contribution in [3.8, 4) is 5.75 Å². The molecule has 0 bridgehead atoms. The standard InChI is InChI=1S/C19H21F3N2O2.ClH/c1-13(17(23)14-6-3-2-4-7-14)18(25)24-10-11-26-16-9-5-8-15(12-16)19(20,21)22;/h2-9,12-13,17H,10-11,23H2,1H3,(H,24,25);1H. The van der Waals surface area contributed by atoms with E-state index in [0.717, 1.165) is 17.7 Å². The van der Waals surface area contributed by atoms with Gasteiger partial charge in [0.25, 0.3) is 0 Å². The second-order valence-corrected chi connectivity index (χ2v) is 5.89. The molecule has 0 aliphatic rings. The topological polar surface area (TPSA) is 64.3 Å². The highest BCUT2D eigenvalue weighted by Crippen LogP contribution is 2.31. The van der Waals surface area contributed by atoms with Gasteiger partial charge in [0, 0.05) is 6.04 Å². The van der Waals surface area contributed by atoms with Gasteiger partial charge < -0.3 is 15.8 Å². The first-order valence-corrected chi connectivity index (χ1v) is 8.17. The number of ether oxygens (including phenoxy) is 1. The highest BCUT2D eigenvalue weighted by atomic mass is 35.5. The number of hydrogen-bond donors (Lipinski definition) is 2. The van der Waals surface area contributed by atoms with Crippen LogP contribution in [0.4, 0.5) is 13.2 Å². The van der Waals surface area contributed by atoms with Gasteiger partial charge in [-0.15, -0.1) is 12.4 Å². The predicted molar refractivity (Wildman–Crippen MR) is 99.7 cm³/mol. The van der Waals surface area contributed by atoms with E-state index in [0.29, 0.717) is 0 Å². The van der Waals surface area contributed by atoms with Crippen molar-refractivity contribution in [3.63, 3.8) is 0 Å². The fraction of sp³-hybridized carbons (Fsp3) is 0.316. The molecular formula is C19H22ClF3N2O2. The minimum Gasteiger partial charge on any atom is -0.492 e. The van der Waals surface area contributed by atoms with Gasteiger partial charge in [0.2, 0.25) is 5.91 Å². The summed E-state index contributed by atoms with van der Waals surface area (Å²) < 4.78 is 43.2. The molecule has 0 saturated carbocycles. The molecule has 2 atom stereocenters. The van der Waals surface area contributed by atoms with Crippen molar-refractivity contribution in [1.82, 2.24) is 5.32 Å². The van der Waals surface area contributed by atoms with Crippen LogP contribution in [-0.2, 0) is 11.0 Å². The normalized spacial score (nSPS) is 13.2. The number of hydrogen-bond acceptors (Lipinski definition) is 3. The molecule has 2 aromatic carbocycles. The van der Waals surface area contributed by atoms with E-state index in [1.165, 1.54) is 12.1 Å². The number of carbonyl (C=O) groups is 1. The van der Waals surface area contributed by atoms with Crippen LogP contribution < -0.4 is 15.8 Å². The van der Waals surface area contributed by atoms with E-state index in [1.807, 2.05) is 30.3 Å². The summed E-state index contributed by atoms with van der Waals surface area (Å²) in [6.07, 6.45) is -4.42. The summed E-state index contributed by atoms with van der Waals surface area (Å²) in [4.78, 5) is 12.2. The number of alkyl halides is 3. The van der Waals surface area contributed by atoms with Gasteiger partial charge in [-0.3, -0.25) is 4.79 Å². The van der Waals surface area contributed by atoms with Crippen molar-refractivity contribution >= 4 is 18.3 Å². The zero-order chi connectivity index (χ0) is 19.2. The zero-order valence-electron chi connectivity index (χ0n) is 14.7. The second kappa shape index (κ2) is 10.2. The van der Waals surface area contributed by atoms with Crippen LogP contribution in [-0.4, -0.2) is 19.1 Å². The first-order valence-electron chi connectivity index (χ1n) is 8.17. The molecule has 0 saturated heterocycles. The van der Waals surface area contributed by atoms with Crippen molar-refractivity contribution in [2.75, 3.05) is 13.2 Å². The Balaban J connectivity index is 0.00000364. The Hall–Kier alpha value is -2.25. The molecule has 2 rings (SSSR count). The SMILES string of the molecule is CC(C(=O)NCCOc1cccc(C(F)(F)F)c1)C(N)c1ccccc1.Cl. The molecule has 0 aliphatic heterocycles. The highest BCUT2D eigenvalue weighted by Gasteiger charge is 2.30. The summed E-state index contributed by atoms with van der Waals surface area (Å²) in [6.45, 7) is 1.95. The molecule has 27 heavy (non-hydrogen) atoms. The Bertz CT molecular complexity index is 726. The van der Waals surface area contributed by atoms with Gasteiger partial charge in [-0.1, -0.05) is 43.3 Å². The van der Waals surface area contributed by atoms with Gasteiger partial charge in [0.1, 0.15) is 12.4 Å². The molecule has 8 heteroatoms. The lowest BCUT2D eigenvalue weighted by atomic mass is 9.95. The Morgan fingerprint density at radius 3 is 2.44 bits per heavy atom. The van der Waals surface area contributed by atoms with Crippen LogP contribution in [0.5, 0.6) is 5.75 Å². The largest absolute Gasteiger partial charge is 0.492 e. The number of benzene rings is 2. The summed E-state index contributed by atoms with van der Waals surface area (Å²) in [6, 6.07) is 13.4. The molecule has 148 valence electrons. The van der Waals surface area contributed by atoms with Gasteiger partial charge in [0.05, 0.1) is 18.0 Å². The van der Waals surface area contributed by atoms with Crippen molar-refractivity contribution in [1.29, 1.82) is 0 Å². The summed E-state index contributed by atoms with van der Waals surface area (Å²) in [5.41, 5.74) is 6.17. The zero-order valence-corrected chi connectivity index (χ0v) is 15.5. The molecule has 0 radical (unpaired) electrons. The molecule has 2 aromatic rings. The van der Waals surface area contributed by atoms with Crippen LogP contribution in [0.15, 0.2) is 54.6 Å². The number of halogens is 4. The maximum Gasteiger partial charge on any atom is 0.416 e. The van der Waals surface area contributed by atoms with Crippen LogP contribution in [0.2, 0.25) is 0 Å². The summed E-state index contributed by atoms with van der Waals surface area (Å²) in [7, 11) is 0. The Morgan fingerprint density at radius 1 is 1.15 bits per heavy atom. The third-order valence-electron chi connectivity index (χ3n) is 3.97. The summed E-state index contributed by atoms with van der Waals surface area (Å²) in [5.74, 6) is -0.594. The Kier molecular flexibility index (Phi) is 8.59. The number of amides is 1. The number of rotatable bonds is 7. The van der Waals surface area contributed by atoms with Crippen LogP contribution in [0.1, 0.15) is 24.1 Å². The molecule has 0 aliphatic carbocycles. The lowest BCUT2D eigenvalue weighted by Crippen LogP contribution is -2.37. The minimum atomic E-state index is -4.42. The first kappa shape index (κ1) is 22.8. The average Bonchev–Trinajstić information content (AvgIpc) is 2.64. The molecule has 0 aromatic heterocycles. The van der Waals surface area contributed by atoms with Crippen molar-refractivity contribution in [2.24, 2.45) is 11.7 Å².